The minimum absolute atomic E-state index is 0.369. The maximum absolute atomic E-state index is 11.6. The number of rotatable bonds is 5. The number of aromatic nitrogens is 1. The molecule has 0 aromatic carbocycles. The quantitative estimate of drug-likeness (QED) is 0.751. The molecule has 0 radical (unpaired) electrons. The molecule has 0 spiro atoms. The van der Waals surface area contributed by atoms with Crippen LogP contribution in [0.4, 0.5) is 9.93 Å². The lowest BCUT2D eigenvalue weighted by molar-refractivity contribution is -0.143. The van der Waals surface area contributed by atoms with Crippen molar-refractivity contribution in [3.05, 3.63) is 11.6 Å². The van der Waals surface area contributed by atoms with Gasteiger partial charge in [0.15, 0.2) is 5.13 Å². The van der Waals surface area contributed by atoms with E-state index < -0.39 is 17.5 Å². The molecule has 3 N–H and O–H groups in total. The third-order valence-corrected chi connectivity index (χ3v) is 2.95. The first kappa shape index (κ1) is 13.4. The Hall–Kier alpha value is -1.63. The second kappa shape index (κ2) is 5.62. The lowest BCUT2D eigenvalue weighted by Gasteiger charge is -2.25. The SMILES string of the molecule is CCCC(C)(NC(=O)Nc1nccs1)C(=O)O. The molecule has 2 amide bonds. The number of thiazole rings is 1. The fourth-order valence-corrected chi connectivity index (χ4v) is 1.91. The molecular formula is C10H15N3O3S. The predicted octanol–water partition coefficient (Wildman–Crippen LogP) is 1.91. The molecule has 17 heavy (non-hydrogen) atoms. The van der Waals surface area contributed by atoms with E-state index in [1.807, 2.05) is 6.92 Å². The summed E-state index contributed by atoms with van der Waals surface area (Å²) in [7, 11) is 0. The van der Waals surface area contributed by atoms with E-state index >= 15 is 0 Å². The van der Waals surface area contributed by atoms with E-state index in [1.165, 1.54) is 18.3 Å². The first-order valence-corrected chi connectivity index (χ1v) is 6.08. The summed E-state index contributed by atoms with van der Waals surface area (Å²) in [5.74, 6) is -1.05. The fraction of sp³-hybridized carbons (Fsp3) is 0.500. The summed E-state index contributed by atoms with van der Waals surface area (Å²) in [6.07, 6.45) is 2.59. The number of carbonyl (C=O) groups is 2. The average molecular weight is 257 g/mol. The van der Waals surface area contributed by atoms with Crippen LogP contribution in [0.5, 0.6) is 0 Å². The Balaban J connectivity index is 2.61. The molecule has 1 aromatic rings. The average Bonchev–Trinajstić information content (AvgIpc) is 2.70. The second-order valence-electron chi connectivity index (χ2n) is 3.80. The molecule has 1 rings (SSSR count). The van der Waals surface area contributed by atoms with Gasteiger partial charge in [0.05, 0.1) is 0 Å². The van der Waals surface area contributed by atoms with Crippen molar-refractivity contribution >= 4 is 28.5 Å². The third-order valence-electron chi connectivity index (χ3n) is 2.26. The Morgan fingerprint density at radius 3 is 2.76 bits per heavy atom. The van der Waals surface area contributed by atoms with Crippen molar-refractivity contribution in [2.24, 2.45) is 0 Å². The summed E-state index contributed by atoms with van der Waals surface area (Å²) in [6.45, 7) is 3.35. The molecule has 6 nitrogen and oxygen atoms in total. The van der Waals surface area contributed by atoms with Crippen molar-refractivity contribution in [3.8, 4) is 0 Å². The number of anilines is 1. The zero-order chi connectivity index (χ0) is 12.9. The Morgan fingerprint density at radius 1 is 1.59 bits per heavy atom. The molecule has 0 bridgehead atoms. The van der Waals surface area contributed by atoms with E-state index in [0.29, 0.717) is 18.0 Å². The van der Waals surface area contributed by atoms with Crippen molar-refractivity contribution in [2.75, 3.05) is 5.32 Å². The van der Waals surface area contributed by atoms with Crippen LogP contribution >= 0.6 is 11.3 Å². The van der Waals surface area contributed by atoms with Crippen LogP contribution in [0.3, 0.4) is 0 Å². The number of amides is 2. The van der Waals surface area contributed by atoms with Gasteiger partial charge in [-0.05, 0) is 13.3 Å². The van der Waals surface area contributed by atoms with Crippen molar-refractivity contribution in [3.63, 3.8) is 0 Å². The molecule has 94 valence electrons. The van der Waals surface area contributed by atoms with Crippen LogP contribution in [0.15, 0.2) is 11.6 Å². The Labute approximate surface area is 103 Å². The smallest absolute Gasteiger partial charge is 0.329 e. The van der Waals surface area contributed by atoms with Gasteiger partial charge >= 0.3 is 12.0 Å². The van der Waals surface area contributed by atoms with E-state index in [4.69, 9.17) is 5.11 Å². The first-order chi connectivity index (χ1) is 7.98. The number of aliphatic carboxylic acids is 1. The van der Waals surface area contributed by atoms with Gasteiger partial charge in [0.2, 0.25) is 0 Å². The molecule has 0 saturated heterocycles. The van der Waals surface area contributed by atoms with E-state index in [1.54, 1.807) is 11.6 Å². The molecule has 0 fully saturated rings. The van der Waals surface area contributed by atoms with Gasteiger partial charge in [0.1, 0.15) is 5.54 Å². The van der Waals surface area contributed by atoms with Gasteiger partial charge in [-0.25, -0.2) is 14.6 Å². The predicted molar refractivity (Wildman–Crippen MR) is 65.2 cm³/mol. The Bertz CT molecular complexity index is 394. The van der Waals surface area contributed by atoms with Gasteiger partial charge in [0, 0.05) is 11.6 Å². The molecule has 0 aliphatic rings. The van der Waals surface area contributed by atoms with Crippen LogP contribution in [0.2, 0.25) is 0 Å². The number of hydrogen-bond acceptors (Lipinski definition) is 4. The number of carboxylic acid groups (broad SMARTS) is 1. The van der Waals surface area contributed by atoms with Crippen molar-refractivity contribution in [1.82, 2.24) is 10.3 Å². The molecular weight excluding hydrogens is 242 g/mol. The zero-order valence-corrected chi connectivity index (χ0v) is 10.5. The number of nitrogens with zero attached hydrogens (tertiary/aromatic N) is 1. The highest BCUT2D eigenvalue weighted by Gasteiger charge is 2.33. The van der Waals surface area contributed by atoms with Crippen LogP contribution in [-0.2, 0) is 4.79 Å². The highest BCUT2D eigenvalue weighted by Crippen LogP contribution is 2.14. The zero-order valence-electron chi connectivity index (χ0n) is 9.69. The van der Waals surface area contributed by atoms with E-state index in [9.17, 15) is 9.59 Å². The van der Waals surface area contributed by atoms with Crippen molar-refractivity contribution in [1.29, 1.82) is 0 Å². The minimum Gasteiger partial charge on any atom is -0.480 e. The molecule has 0 aliphatic carbocycles. The summed E-state index contributed by atoms with van der Waals surface area (Å²) in [6, 6.07) is -0.557. The molecule has 1 heterocycles. The van der Waals surface area contributed by atoms with Crippen LogP contribution in [0, 0.1) is 0 Å². The van der Waals surface area contributed by atoms with Crippen LogP contribution in [0.1, 0.15) is 26.7 Å². The van der Waals surface area contributed by atoms with Crippen molar-refractivity contribution in [2.45, 2.75) is 32.2 Å². The topological polar surface area (TPSA) is 91.3 Å². The van der Waals surface area contributed by atoms with Gasteiger partial charge in [-0.1, -0.05) is 13.3 Å². The molecule has 1 aromatic heterocycles. The van der Waals surface area contributed by atoms with Gasteiger partial charge in [-0.15, -0.1) is 11.3 Å². The molecule has 0 aliphatic heterocycles. The number of carbonyl (C=O) groups excluding carboxylic acids is 1. The highest BCUT2D eigenvalue weighted by molar-refractivity contribution is 7.13. The van der Waals surface area contributed by atoms with E-state index in [2.05, 4.69) is 15.6 Å². The largest absolute Gasteiger partial charge is 0.480 e. The van der Waals surface area contributed by atoms with Crippen LogP contribution in [0.25, 0.3) is 0 Å². The summed E-state index contributed by atoms with van der Waals surface area (Å²) >= 11 is 1.27. The standard InChI is InChI=1S/C10H15N3O3S/c1-3-4-10(2,7(14)15)13-8(16)12-9-11-5-6-17-9/h5-6H,3-4H2,1-2H3,(H,14,15)(H2,11,12,13,16). The van der Waals surface area contributed by atoms with E-state index in [-0.39, 0.29) is 0 Å². The summed E-state index contributed by atoms with van der Waals surface area (Å²) < 4.78 is 0. The number of nitrogens with one attached hydrogen (secondary N) is 2. The maximum Gasteiger partial charge on any atom is 0.329 e. The fourth-order valence-electron chi connectivity index (χ4n) is 1.39. The van der Waals surface area contributed by atoms with Gasteiger partial charge < -0.3 is 10.4 Å². The summed E-state index contributed by atoms with van der Waals surface area (Å²) in [4.78, 5) is 26.6. The van der Waals surface area contributed by atoms with Gasteiger partial charge in [0.25, 0.3) is 0 Å². The summed E-state index contributed by atoms with van der Waals surface area (Å²) in [5, 5.41) is 16.2. The van der Waals surface area contributed by atoms with E-state index in [0.717, 1.165) is 0 Å². The van der Waals surface area contributed by atoms with Crippen LogP contribution in [-0.4, -0.2) is 27.6 Å². The summed E-state index contributed by atoms with van der Waals surface area (Å²) in [5.41, 5.74) is -1.25. The monoisotopic (exact) mass is 257 g/mol. The Morgan fingerprint density at radius 2 is 2.29 bits per heavy atom. The maximum atomic E-state index is 11.6. The molecule has 7 heteroatoms. The third kappa shape index (κ3) is 3.70. The molecule has 1 atom stereocenters. The number of carboxylic acids is 1. The normalized spacial score (nSPS) is 13.8. The van der Waals surface area contributed by atoms with Crippen LogP contribution < -0.4 is 10.6 Å². The van der Waals surface area contributed by atoms with Gasteiger partial charge in [-0.2, -0.15) is 0 Å². The highest BCUT2D eigenvalue weighted by atomic mass is 32.1. The number of hydrogen-bond donors (Lipinski definition) is 3. The lowest BCUT2D eigenvalue weighted by atomic mass is 9.97. The minimum atomic E-state index is -1.25. The second-order valence-corrected chi connectivity index (χ2v) is 4.70. The lowest BCUT2D eigenvalue weighted by Crippen LogP contribution is -2.53. The Kier molecular flexibility index (Phi) is 4.45. The molecule has 1 unspecified atom stereocenters. The first-order valence-electron chi connectivity index (χ1n) is 5.20. The van der Waals surface area contributed by atoms with Crippen molar-refractivity contribution < 1.29 is 14.7 Å². The molecule has 0 saturated carbocycles. The number of urea groups is 1. The van der Waals surface area contributed by atoms with Gasteiger partial charge in [-0.3, -0.25) is 5.32 Å².